The van der Waals surface area contributed by atoms with Crippen molar-refractivity contribution in [3.63, 3.8) is 0 Å². The summed E-state index contributed by atoms with van der Waals surface area (Å²) < 4.78 is 13.1. The number of carbonyl (C=O) groups is 1. The molecule has 2 rings (SSSR count). The average molecular weight is 321 g/mol. The second kappa shape index (κ2) is 7.43. The molecule has 0 bridgehead atoms. The molecule has 1 amide bonds. The van der Waals surface area contributed by atoms with E-state index < -0.39 is 0 Å². The van der Waals surface area contributed by atoms with Gasteiger partial charge in [-0.15, -0.1) is 0 Å². The molecule has 0 spiro atoms. The Balaban J connectivity index is 2.05. The van der Waals surface area contributed by atoms with E-state index in [1.54, 1.807) is 12.1 Å². The number of hydrogen-bond donors (Lipinski definition) is 1. The van der Waals surface area contributed by atoms with Gasteiger partial charge < -0.3 is 10.0 Å². The highest BCUT2D eigenvalue weighted by Gasteiger charge is 2.30. The number of amides is 1. The Morgan fingerprint density at radius 3 is 2.48 bits per heavy atom. The van der Waals surface area contributed by atoms with Crippen LogP contribution in [-0.2, 0) is 4.79 Å². The number of rotatable bonds is 4. The van der Waals surface area contributed by atoms with Gasteiger partial charge in [-0.05, 0) is 41.9 Å². The monoisotopic (exact) mass is 321 g/mol. The molecule has 0 unspecified atom stereocenters. The van der Waals surface area contributed by atoms with E-state index in [1.165, 1.54) is 12.1 Å². The van der Waals surface area contributed by atoms with E-state index in [4.69, 9.17) is 0 Å². The molecule has 0 radical (unpaired) electrons. The van der Waals surface area contributed by atoms with Crippen LogP contribution >= 0.6 is 0 Å². The Hall–Kier alpha value is -1.42. The lowest BCUT2D eigenvalue weighted by Crippen LogP contribution is -2.35. The van der Waals surface area contributed by atoms with Crippen LogP contribution in [0.1, 0.15) is 51.5 Å². The highest BCUT2D eigenvalue weighted by atomic mass is 19.1. The van der Waals surface area contributed by atoms with Gasteiger partial charge in [0.25, 0.3) is 0 Å². The molecule has 1 saturated heterocycles. The Morgan fingerprint density at radius 2 is 1.91 bits per heavy atom. The number of benzene rings is 1. The molecule has 1 aromatic carbocycles. The number of likely N-dealkylation sites (tertiary alicyclic amines) is 1. The standard InChI is InChI=1S/C19H28FNO2/c1-19(2,3)16-6-9-18(23)21(11-10-16)12-15(13-22)14-4-7-17(20)8-5-14/h4-5,7-8,15-16,22H,6,9-13H2,1-3H3/t15-,16-/m1/s1. The van der Waals surface area contributed by atoms with Crippen molar-refractivity contribution in [2.45, 2.75) is 46.0 Å². The zero-order chi connectivity index (χ0) is 17.0. The SMILES string of the molecule is CC(C)(C)[C@@H]1CCC(=O)N(C[C@H](CO)c2ccc(F)cc2)CC1. The van der Waals surface area contributed by atoms with Gasteiger partial charge >= 0.3 is 0 Å². The average Bonchev–Trinajstić information content (AvgIpc) is 2.67. The van der Waals surface area contributed by atoms with Crippen LogP contribution in [-0.4, -0.2) is 35.6 Å². The van der Waals surface area contributed by atoms with Gasteiger partial charge in [0.2, 0.25) is 5.91 Å². The van der Waals surface area contributed by atoms with E-state index in [1.807, 2.05) is 4.90 Å². The number of halogens is 1. The number of hydrogen-bond acceptors (Lipinski definition) is 2. The molecule has 4 heteroatoms. The van der Waals surface area contributed by atoms with Crippen molar-refractivity contribution in [3.8, 4) is 0 Å². The maximum Gasteiger partial charge on any atom is 0.222 e. The van der Waals surface area contributed by atoms with E-state index in [-0.39, 0.29) is 29.7 Å². The van der Waals surface area contributed by atoms with Gasteiger partial charge in [0.15, 0.2) is 0 Å². The molecule has 128 valence electrons. The third-order valence-electron chi connectivity index (χ3n) is 5.03. The van der Waals surface area contributed by atoms with E-state index in [9.17, 15) is 14.3 Å². The minimum atomic E-state index is -0.288. The molecule has 0 saturated carbocycles. The Kier molecular flexibility index (Phi) is 5.79. The number of nitrogens with zero attached hydrogens (tertiary/aromatic N) is 1. The topological polar surface area (TPSA) is 40.5 Å². The van der Waals surface area contributed by atoms with E-state index in [0.717, 1.165) is 24.9 Å². The second-order valence-corrected chi connectivity index (χ2v) is 7.66. The molecule has 1 N–H and O–H groups in total. The van der Waals surface area contributed by atoms with Gasteiger partial charge in [0, 0.05) is 25.4 Å². The molecule has 1 heterocycles. The van der Waals surface area contributed by atoms with Crippen LogP contribution in [0.25, 0.3) is 0 Å². The van der Waals surface area contributed by atoms with Crippen LogP contribution in [0.15, 0.2) is 24.3 Å². The number of aliphatic hydroxyl groups excluding tert-OH is 1. The lowest BCUT2D eigenvalue weighted by Gasteiger charge is -2.30. The Morgan fingerprint density at radius 1 is 1.26 bits per heavy atom. The molecule has 1 aliphatic heterocycles. The largest absolute Gasteiger partial charge is 0.396 e. The van der Waals surface area contributed by atoms with Crippen LogP contribution in [0, 0.1) is 17.2 Å². The molecule has 2 atom stereocenters. The maximum atomic E-state index is 13.1. The molecule has 0 aromatic heterocycles. The van der Waals surface area contributed by atoms with Crippen molar-refractivity contribution in [3.05, 3.63) is 35.6 Å². The summed E-state index contributed by atoms with van der Waals surface area (Å²) >= 11 is 0. The third kappa shape index (κ3) is 4.77. The van der Waals surface area contributed by atoms with Gasteiger partial charge in [0.1, 0.15) is 5.82 Å². The van der Waals surface area contributed by atoms with Crippen molar-refractivity contribution in [2.75, 3.05) is 19.7 Å². The second-order valence-electron chi connectivity index (χ2n) is 7.66. The molecular formula is C19H28FNO2. The first-order chi connectivity index (χ1) is 10.8. The quantitative estimate of drug-likeness (QED) is 0.921. The minimum Gasteiger partial charge on any atom is -0.396 e. The summed E-state index contributed by atoms with van der Waals surface area (Å²) in [7, 11) is 0. The molecule has 0 aliphatic carbocycles. The third-order valence-corrected chi connectivity index (χ3v) is 5.03. The van der Waals surface area contributed by atoms with Crippen molar-refractivity contribution in [1.29, 1.82) is 0 Å². The molecule has 1 aromatic rings. The highest BCUT2D eigenvalue weighted by molar-refractivity contribution is 5.76. The zero-order valence-electron chi connectivity index (χ0n) is 14.4. The highest BCUT2D eigenvalue weighted by Crippen LogP contribution is 2.35. The molecule has 1 aliphatic rings. The van der Waals surface area contributed by atoms with E-state index in [0.29, 0.717) is 18.9 Å². The minimum absolute atomic E-state index is 0.0435. The summed E-state index contributed by atoms with van der Waals surface area (Å²) in [5.41, 5.74) is 1.09. The van der Waals surface area contributed by atoms with Crippen molar-refractivity contribution in [1.82, 2.24) is 4.90 Å². The van der Waals surface area contributed by atoms with Gasteiger partial charge in [-0.2, -0.15) is 0 Å². The molecule has 1 fully saturated rings. The lowest BCUT2D eigenvalue weighted by atomic mass is 9.77. The zero-order valence-corrected chi connectivity index (χ0v) is 14.4. The Labute approximate surface area is 138 Å². The smallest absolute Gasteiger partial charge is 0.222 e. The van der Waals surface area contributed by atoms with Gasteiger partial charge in [-0.3, -0.25) is 4.79 Å². The van der Waals surface area contributed by atoms with Crippen molar-refractivity contribution < 1.29 is 14.3 Å². The van der Waals surface area contributed by atoms with Crippen LogP contribution < -0.4 is 0 Å². The first-order valence-corrected chi connectivity index (χ1v) is 8.45. The van der Waals surface area contributed by atoms with E-state index in [2.05, 4.69) is 20.8 Å². The maximum absolute atomic E-state index is 13.1. The van der Waals surface area contributed by atoms with Crippen LogP contribution in [0.3, 0.4) is 0 Å². The summed E-state index contributed by atoms with van der Waals surface area (Å²) in [5, 5.41) is 9.69. The summed E-state index contributed by atoms with van der Waals surface area (Å²) in [4.78, 5) is 14.3. The molecule has 23 heavy (non-hydrogen) atoms. The first-order valence-electron chi connectivity index (χ1n) is 8.45. The predicted molar refractivity (Wildman–Crippen MR) is 89.6 cm³/mol. The number of carbonyl (C=O) groups excluding carboxylic acids is 1. The van der Waals surface area contributed by atoms with Gasteiger partial charge in [-0.25, -0.2) is 4.39 Å². The summed E-state index contributed by atoms with van der Waals surface area (Å²) in [6.45, 7) is 7.88. The van der Waals surface area contributed by atoms with E-state index >= 15 is 0 Å². The van der Waals surface area contributed by atoms with Crippen molar-refractivity contribution in [2.24, 2.45) is 11.3 Å². The fourth-order valence-electron chi connectivity index (χ4n) is 3.37. The predicted octanol–water partition coefficient (Wildman–Crippen LogP) is 3.58. The summed E-state index contributed by atoms with van der Waals surface area (Å²) in [6, 6.07) is 6.18. The molecular weight excluding hydrogens is 293 g/mol. The van der Waals surface area contributed by atoms with Gasteiger partial charge in [0.05, 0.1) is 6.61 Å². The number of aliphatic hydroxyl groups is 1. The Bertz CT molecular complexity index is 521. The fraction of sp³-hybridized carbons (Fsp3) is 0.632. The summed E-state index contributed by atoms with van der Waals surface area (Å²) in [5.74, 6) is 0.252. The molecule has 3 nitrogen and oxygen atoms in total. The normalized spacial score (nSPS) is 21.2. The van der Waals surface area contributed by atoms with Gasteiger partial charge in [-0.1, -0.05) is 32.9 Å². The first kappa shape index (κ1) is 17.9. The van der Waals surface area contributed by atoms with Crippen LogP contribution in [0.4, 0.5) is 4.39 Å². The van der Waals surface area contributed by atoms with Crippen LogP contribution in [0.2, 0.25) is 0 Å². The fourth-order valence-corrected chi connectivity index (χ4v) is 3.37. The summed E-state index contributed by atoms with van der Waals surface area (Å²) in [6.07, 6.45) is 2.50. The van der Waals surface area contributed by atoms with Crippen molar-refractivity contribution >= 4 is 5.91 Å². The lowest BCUT2D eigenvalue weighted by molar-refractivity contribution is -0.131. The van der Waals surface area contributed by atoms with Crippen LogP contribution in [0.5, 0.6) is 0 Å².